The number of amides is 4. The molecule has 0 aliphatic carbocycles. The Morgan fingerprint density at radius 2 is 1.93 bits per heavy atom. The highest BCUT2D eigenvalue weighted by Crippen LogP contribution is 2.44. The number of hydrogen-bond donors (Lipinski definition) is 4. The Hall–Kier alpha value is -4.74. The van der Waals surface area contributed by atoms with Gasteiger partial charge in [-0.1, -0.05) is 42.1 Å². The Bertz CT molecular complexity index is 1700. The second-order valence-corrected chi connectivity index (χ2v) is 11.8. The summed E-state index contributed by atoms with van der Waals surface area (Å²) < 4.78 is 1.43. The molecule has 1 unspecified atom stereocenters. The fourth-order valence-corrected chi connectivity index (χ4v) is 7.19. The van der Waals surface area contributed by atoms with Gasteiger partial charge in [0.2, 0.25) is 11.1 Å². The lowest BCUT2D eigenvalue weighted by Gasteiger charge is -2.52. The molecule has 44 heavy (non-hydrogen) atoms. The molecule has 5 N–H and O–H groups in total. The van der Waals surface area contributed by atoms with Crippen LogP contribution >= 0.6 is 23.5 Å². The van der Waals surface area contributed by atoms with Crippen LogP contribution in [0, 0.1) is 0 Å². The monoisotopic (exact) mass is 638 g/mol. The minimum atomic E-state index is -1.41. The van der Waals surface area contributed by atoms with E-state index in [4.69, 9.17) is 5.73 Å². The van der Waals surface area contributed by atoms with Gasteiger partial charge in [-0.3, -0.25) is 29.0 Å². The first-order valence-electron chi connectivity index (χ1n) is 13.0. The van der Waals surface area contributed by atoms with Crippen molar-refractivity contribution in [2.75, 3.05) is 16.8 Å². The highest BCUT2D eigenvalue weighted by atomic mass is 32.2. The van der Waals surface area contributed by atoms with E-state index >= 15 is 0 Å². The first kappa shape index (κ1) is 30.7. The van der Waals surface area contributed by atoms with Gasteiger partial charge in [-0.05, 0) is 33.7 Å². The summed E-state index contributed by atoms with van der Waals surface area (Å²) in [7, 11) is 1.64. The number of rotatable bonds is 9. The molecule has 2 aliphatic rings. The van der Waals surface area contributed by atoms with Crippen LogP contribution in [0.15, 0.2) is 65.0 Å². The summed E-state index contributed by atoms with van der Waals surface area (Å²) in [6.07, 6.45) is 0. The van der Waals surface area contributed by atoms with Gasteiger partial charge in [0, 0.05) is 37.2 Å². The van der Waals surface area contributed by atoms with E-state index < -0.39 is 52.8 Å². The number of tetrazole rings is 1. The van der Waals surface area contributed by atoms with E-state index in [1.807, 2.05) is 0 Å². The van der Waals surface area contributed by atoms with Crippen LogP contribution < -0.4 is 11.1 Å². The number of carbonyl (C=O) groups is 5. The SMILES string of the molecule is CC(=O)Nc1ccc(C(=O)N(C(=O)[C@H](N)c2ccccc2)C2C(=O)N3C(C(=O)O)=C(CSc4nnnn4C)CS[C@H]23)c(O)c1. The van der Waals surface area contributed by atoms with Gasteiger partial charge in [0.1, 0.15) is 28.9 Å². The summed E-state index contributed by atoms with van der Waals surface area (Å²) in [5, 5.41) is 34.0. The molecular weight excluding hydrogens is 612 g/mol. The number of fused-ring (bicyclic) bond motifs is 1. The third kappa shape index (κ3) is 5.76. The van der Waals surface area contributed by atoms with E-state index in [9.17, 15) is 34.2 Å². The molecule has 3 aromatic rings. The number of nitrogens with one attached hydrogen (secondary N) is 1. The lowest BCUT2D eigenvalue weighted by Crippen LogP contribution is -2.72. The van der Waals surface area contributed by atoms with Crippen LogP contribution in [-0.2, 0) is 26.2 Å². The largest absolute Gasteiger partial charge is 0.507 e. The van der Waals surface area contributed by atoms with Gasteiger partial charge in [0.15, 0.2) is 0 Å². The van der Waals surface area contributed by atoms with Crippen molar-refractivity contribution >= 4 is 58.8 Å². The van der Waals surface area contributed by atoms with Crippen LogP contribution in [-0.4, -0.2) is 92.7 Å². The Labute approximate surface area is 258 Å². The third-order valence-electron chi connectivity index (χ3n) is 6.89. The Morgan fingerprint density at radius 1 is 1.20 bits per heavy atom. The molecule has 3 heterocycles. The second-order valence-electron chi connectivity index (χ2n) is 9.80. The van der Waals surface area contributed by atoms with Crippen LogP contribution in [0.3, 0.4) is 0 Å². The molecule has 4 amide bonds. The van der Waals surface area contributed by atoms with Gasteiger partial charge < -0.3 is 21.3 Å². The van der Waals surface area contributed by atoms with Crippen LogP contribution in [0.1, 0.15) is 28.9 Å². The average Bonchev–Trinajstić information content (AvgIpc) is 3.41. The minimum Gasteiger partial charge on any atom is -0.507 e. The zero-order valence-electron chi connectivity index (χ0n) is 23.3. The Morgan fingerprint density at radius 3 is 2.55 bits per heavy atom. The van der Waals surface area contributed by atoms with E-state index in [0.29, 0.717) is 21.2 Å². The first-order valence-corrected chi connectivity index (χ1v) is 15.1. The van der Waals surface area contributed by atoms with Crippen LogP contribution in [0.4, 0.5) is 5.69 Å². The van der Waals surface area contributed by atoms with E-state index in [1.54, 1.807) is 37.4 Å². The van der Waals surface area contributed by atoms with Crippen molar-refractivity contribution in [3.8, 4) is 5.75 Å². The molecule has 5 rings (SSSR count). The third-order valence-corrected chi connectivity index (χ3v) is 9.31. The molecule has 2 aliphatic heterocycles. The van der Waals surface area contributed by atoms with E-state index in [-0.39, 0.29) is 28.5 Å². The van der Waals surface area contributed by atoms with Crippen LogP contribution in [0.2, 0.25) is 0 Å². The number of carboxylic acid groups (broad SMARTS) is 1. The van der Waals surface area contributed by atoms with Crippen molar-refractivity contribution in [1.29, 1.82) is 0 Å². The fourth-order valence-electron chi connectivity index (χ4n) is 4.81. The molecule has 0 spiro atoms. The maximum absolute atomic E-state index is 13.9. The van der Waals surface area contributed by atoms with E-state index in [2.05, 4.69) is 20.8 Å². The molecule has 228 valence electrons. The number of thioether (sulfide) groups is 2. The zero-order valence-corrected chi connectivity index (χ0v) is 24.9. The Kier molecular flexibility index (Phi) is 8.70. The topological polar surface area (TPSA) is 214 Å². The summed E-state index contributed by atoms with van der Waals surface area (Å²) in [6.45, 7) is 1.27. The van der Waals surface area contributed by atoms with Crippen LogP contribution in [0.5, 0.6) is 5.75 Å². The molecular formula is C27H26N8O7S2. The van der Waals surface area contributed by atoms with Crippen LogP contribution in [0.25, 0.3) is 0 Å². The number of aromatic nitrogens is 4. The van der Waals surface area contributed by atoms with Crippen molar-refractivity contribution in [2.45, 2.75) is 29.5 Å². The number of nitrogens with zero attached hydrogens (tertiary/aromatic N) is 6. The number of aryl methyl sites for hydroxylation is 1. The summed E-state index contributed by atoms with van der Waals surface area (Å²) in [6, 6.07) is 9.19. The lowest BCUT2D eigenvalue weighted by atomic mass is 9.97. The number of phenols is 1. The van der Waals surface area contributed by atoms with Crippen molar-refractivity contribution < 1.29 is 34.2 Å². The fraction of sp³-hybridized carbons (Fsp3) is 0.259. The van der Waals surface area contributed by atoms with E-state index in [1.165, 1.54) is 47.3 Å². The number of imide groups is 1. The molecule has 0 saturated carbocycles. The second kappa shape index (κ2) is 12.5. The maximum Gasteiger partial charge on any atom is 0.352 e. The number of β-lactam (4-membered cyclic amide) rings is 1. The van der Waals surface area contributed by atoms with Gasteiger partial charge in [0.25, 0.3) is 17.7 Å². The number of hydrogen-bond acceptors (Lipinski definition) is 12. The van der Waals surface area contributed by atoms with Crippen molar-refractivity contribution in [3.63, 3.8) is 0 Å². The lowest BCUT2D eigenvalue weighted by molar-refractivity contribution is -0.157. The van der Waals surface area contributed by atoms with Crippen molar-refractivity contribution in [2.24, 2.45) is 12.8 Å². The van der Waals surface area contributed by atoms with Crippen molar-refractivity contribution in [3.05, 3.63) is 70.9 Å². The normalized spacial score (nSPS) is 18.2. The molecule has 1 fully saturated rings. The number of carboxylic acids is 1. The summed E-state index contributed by atoms with van der Waals surface area (Å²) in [4.78, 5) is 67.2. The first-order chi connectivity index (χ1) is 21.0. The maximum atomic E-state index is 13.9. The number of benzene rings is 2. The van der Waals surface area contributed by atoms with Gasteiger partial charge in [-0.15, -0.1) is 16.9 Å². The molecule has 15 nitrogen and oxygen atoms in total. The summed E-state index contributed by atoms with van der Waals surface area (Å²) in [5.41, 5.74) is 6.75. The number of aliphatic carboxylic acids is 1. The number of nitrogens with two attached hydrogens (primary N) is 1. The predicted molar refractivity (Wildman–Crippen MR) is 158 cm³/mol. The summed E-state index contributed by atoms with van der Waals surface area (Å²) in [5.74, 6) is -4.65. The van der Waals surface area contributed by atoms with E-state index in [0.717, 1.165) is 11.0 Å². The van der Waals surface area contributed by atoms with Crippen molar-refractivity contribution in [1.82, 2.24) is 30.0 Å². The molecule has 0 radical (unpaired) electrons. The molecule has 1 aromatic heterocycles. The predicted octanol–water partition coefficient (Wildman–Crippen LogP) is 0.958. The van der Waals surface area contributed by atoms with Gasteiger partial charge in [0.05, 0.1) is 5.56 Å². The highest BCUT2D eigenvalue weighted by molar-refractivity contribution is 8.01. The molecule has 1 saturated heterocycles. The average molecular weight is 639 g/mol. The molecule has 3 atom stereocenters. The van der Waals surface area contributed by atoms with Gasteiger partial charge >= 0.3 is 5.97 Å². The minimum absolute atomic E-state index is 0.180. The highest BCUT2D eigenvalue weighted by Gasteiger charge is 2.59. The smallest absolute Gasteiger partial charge is 0.352 e. The number of aromatic hydroxyl groups is 1. The zero-order chi connectivity index (χ0) is 31.7. The standard InChI is InChI=1S/C27H26N8O7S2/c1-13(36)29-16-8-9-17(18(37)10-16)22(38)34(23(39)19(28)14-6-4-3-5-7-14)21-24(40)35-20(26(41)42)15(11-43-25(21)35)12-44-27-30-31-32-33(27)2/h3-10,19,21,25,37H,11-12,28H2,1-2H3,(H,29,36)(H,41,42)/t19-,21?,25-/m1/s1. The number of phenolic OH excluding ortho intramolecular Hbond substituents is 1. The van der Waals surface area contributed by atoms with Gasteiger partial charge in [-0.25, -0.2) is 9.48 Å². The number of carbonyl (C=O) groups excluding carboxylic acids is 4. The molecule has 0 bridgehead atoms. The van der Waals surface area contributed by atoms with Gasteiger partial charge in [-0.2, -0.15) is 0 Å². The number of anilines is 1. The molecule has 17 heteroatoms. The Balaban J connectivity index is 1.49. The summed E-state index contributed by atoms with van der Waals surface area (Å²) >= 11 is 2.39. The quantitative estimate of drug-likeness (QED) is 0.190. The molecule has 2 aromatic carbocycles.